The maximum Gasteiger partial charge on any atom is 0.412 e. The Bertz CT molecular complexity index is 912. The molecular formula is C20H20N2O7. The number of aromatic hydroxyl groups is 1. The van der Waals surface area contributed by atoms with E-state index in [9.17, 15) is 14.7 Å². The minimum absolute atomic E-state index is 0.0696. The van der Waals surface area contributed by atoms with Crippen LogP contribution in [0.3, 0.4) is 0 Å². The number of carbonyl (C=O) groups excluding carboxylic acids is 2. The van der Waals surface area contributed by atoms with Gasteiger partial charge < -0.3 is 19.3 Å². The van der Waals surface area contributed by atoms with Crippen molar-refractivity contribution in [3.8, 4) is 17.2 Å². The van der Waals surface area contributed by atoms with Gasteiger partial charge in [0.25, 0.3) is 5.91 Å². The summed E-state index contributed by atoms with van der Waals surface area (Å²) >= 11 is 0. The van der Waals surface area contributed by atoms with Gasteiger partial charge in [0.05, 0.1) is 0 Å². The smallest absolute Gasteiger partial charge is 0.412 e. The van der Waals surface area contributed by atoms with Gasteiger partial charge in [-0.25, -0.2) is 10.3 Å². The molecule has 152 valence electrons. The lowest BCUT2D eigenvalue weighted by molar-refractivity contribution is -0.124. The second kappa shape index (κ2) is 8.98. The zero-order valence-corrected chi connectivity index (χ0v) is 15.5. The predicted octanol–water partition coefficient (Wildman–Crippen LogP) is 3.11. The van der Waals surface area contributed by atoms with Crippen LogP contribution in [0.1, 0.15) is 18.6 Å². The average molecular weight is 400 g/mol. The Kier molecular flexibility index (Phi) is 6.20. The van der Waals surface area contributed by atoms with Crippen LogP contribution in [0.2, 0.25) is 0 Å². The average Bonchev–Trinajstić information content (AvgIpc) is 3.18. The molecule has 0 aliphatic carbocycles. The Morgan fingerprint density at radius 1 is 1.14 bits per heavy atom. The van der Waals surface area contributed by atoms with E-state index < -0.39 is 24.0 Å². The van der Waals surface area contributed by atoms with Crippen molar-refractivity contribution in [1.82, 2.24) is 5.48 Å². The highest BCUT2D eigenvalue weighted by atomic mass is 16.7. The molecule has 0 unspecified atom stereocenters. The summed E-state index contributed by atoms with van der Waals surface area (Å²) in [5.41, 5.74) is 2.58. The first-order valence-electron chi connectivity index (χ1n) is 8.74. The summed E-state index contributed by atoms with van der Waals surface area (Å²) in [4.78, 5) is 23.7. The number of nitrogens with one attached hydrogen (secondary N) is 2. The van der Waals surface area contributed by atoms with Gasteiger partial charge in [-0.15, -0.1) is 0 Å². The van der Waals surface area contributed by atoms with Crippen molar-refractivity contribution in [2.45, 2.75) is 13.0 Å². The summed E-state index contributed by atoms with van der Waals surface area (Å²) in [6.45, 7) is 1.87. The molecule has 2 aromatic rings. The van der Waals surface area contributed by atoms with E-state index in [4.69, 9.17) is 19.4 Å². The highest BCUT2D eigenvalue weighted by Crippen LogP contribution is 2.34. The Hall–Kier alpha value is -3.72. The molecule has 9 heteroatoms. The van der Waals surface area contributed by atoms with Gasteiger partial charge in [0.15, 0.2) is 11.5 Å². The number of carbonyl (C=O) groups is 2. The van der Waals surface area contributed by atoms with Crippen LogP contribution < -0.4 is 20.3 Å². The Balaban J connectivity index is 1.74. The molecular weight excluding hydrogens is 380 g/mol. The number of phenols is 1. The number of rotatable bonds is 6. The number of hydroxylamine groups is 1. The van der Waals surface area contributed by atoms with E-state index in [1.165, 1.54) is 23.7 Å². The van der Waals surface area contributed by atoms with Crippen molar-refractivity contribution >= 4 is 17.7 Å². The third-order valence-electron chi connectivity index (χ3n) is 4.21. The van der Waals surface area contributed by atoms with Crippen LogP contribution in [0.25, 0.3) is 0 Å². The van der Waals surface area contributed by atoms with E-state index in [2.05, 4.69) is 5.32 Å². The first-order valence-corrected chi connectivity index (χ1v) is 8.74. The standard InChI is InChI=1S/C20H20N2O7/c1-12(2-9-18(24)22-26)19(13-3-6-15(23)7-4-13)29-20(25)21-14-5-8-16-17(10-14)28-11-27-16/h2-10,12,19,23,26H,11H2,1H3,(H,21,25)(H,22,24)/b9-2+/t12-,19-/m1/s1. The van der Waals surface area contributed by atoms with Crippen LogP contribution in [0, 0.1) is 5.92 Å². The monoisotopic (exact) mass is 400 g/mol. The second-order valence-electron chi connectivity index (χ2n) is 6.30. The number of amides is 2. The molecule has 0 fully saturated rings. The van der Waals surface area contributed by atoms with Gasteiger partial charge in [0.1, 0.15) is 11.9 Å². The van der Waals surface area contributed by atoms with Crippen LogP contribution in [-0.2, 0) is 9.53 Å². The molecule has 0 saturated carbocycles. The summed E-state index contributed by atoms with van der Waals surface area (Å²) in [5, 5.41) is 20.7. The first kappa shape index (κ1) is 20.0. The van der Waals surface area contributed by atoms with Crippen molar-refractivity contribution < 1.29 is 34.1 Å². The molecule has 2 amide bonds. The summed E-state index contributed by atoms with van der Waals surface area (Å²) in [6, 6.07) is 11.1. The molecule has 9 nitrogen and oxygen atoms in total. The fourth-order valence-corrected chi connectivity index (χ4v) is 2.76. The minimum Gasteiger partial charge on any atom is -0.508 e. The minimum atomic E-state index is -0.757. The maximum atomic E-state index is 12.5. The van der Waals surface area contributed by atoms with Crippen LogP contribution in [0.5, 0.6) is 17.2 Å². The van der Waals surface area contributed by atoms with Crippen molar-refractivity contribution in [2.24, 2.45) is 5.92 Å². The molecule has 0 radical (unpaired) electrons. The first-order chi connectivity index (χ1) is 14.0. The van der Waals surface area contributed by atoms with Gasteiger partial charge in [0, 0.05) is 23.7 Å². The highest BCUT2D eigenvalue weighted by Gasteiger charge is 2.23. The van der Waals surface area contributed by atoms with E-state index >= 15 is 0 Å². The predicted molar refractivity (Wildman–Crippen MR) is 102 cm³/mol. The van der Waals surface area contributed by atoms with Crippen LogP contribution >= 0.6 is 0 Å². The Morgan fingerprint density at radius 3 is 2.59 bits per heavy atom. The molecule has 3 rings (SSSR count). The molecule has 0 spiro atoms. The van der Waals surface area contributed by atoms with Crippen molar-refractivity contribution in [1.29, 1.82) is 0 Å². The Labute approximate surface area is 166 Å². The van der Waals surface area contributed by atoms with Gasteiger partial charge >= 0.3 is 6.09 Å². The number of phenolic OH excluding ortho intramolecular Hbond substituents is 1. The molecule has 2 aromatic carbocycles. The lowest BCUT2D eigenvalue weighted by atomic mass is 9.96. The highest BCUT2D eigenvalue weighted by molar-refractivity contribution is 5.86. The second-order valence-corrected chi connectivity index (χ2v) is 6.30. The zero-order valence-electron chi connectivity index (χ0n) is 15.5. The topological polar surface area (TPSA) is 126 Å². The number of benzene rings is 2. The molecule has 2 atom stereocenters. The third-order valence-corrected chi connectivity index (χ3v) is 4.21. The Morgan fingerprint density at radius 2 is 1.86 bits per heavy atom. The van der Waals surface area contributed by atoms with Gasteiger partial charge in [-0.05, 0) is 29.8 Å². The lowest BCUT2D eigenvalue weighted by Gasteiger charge is -2.23. The summed E-state index contributed by atoms with van der Waals surface area (Å²) in [6.07, 6.45) is 1.16. The van der Waals surface area contributed by atoms with Gasteiger partial charge in [-0.1, -0.05) is 25.1 Å². The lowest BCUT2D eigenvalue weighted by Crippen LogP contribution is -2.22. The van der Waals surface area contributed by atoms with Crippen molar-refractivity contribution in [2.75, 3.05) is 12.1 Å². The molecule has 1 aliphatic rings. The largest absolute Gasteiger partial charge is 0.508 e. The fourth-order valence-electron chi connectivity index (χ4n) is 2.76. The quantitative estimate of drug-likeness (QED) is 0.333. The van der Waals surface area contributed by atoms with E-state index in [1.54, 1.807) is 37.3 Å². The normalized spacial score (nSPS) is 14.3. The molecule has 0 aromatic heterocycles. The van der Waals surface area contributed by atoms with Crippen LogP contribution in [-0.4, -0.2) is 29.1 Å². The molecule has 0 saturated heterocycles. The SMILES string of the molecule is C[C@H](/C=C/C(=O)NO)[C@@H](OC(=O)Nc1ccc2c(c1)OCO2)c1ccc(O)cc1. The van der Waals surface area contributed by atoms with Gasteiger partial charge in [-0.3, -0.25) is 15.3 Å². The number of ether oxygens (including phenoxy) is 3. The molecule has 29 heavy (non-hydrogen) atoms. The maximum absolute atomic E-state index is 12.5. The molecule has 4 N–H and O–H groups in total. The third kappa shape index (κ3) is 5.17. The van der Waals surface area contributed by atoms with Gasteiger partial charge in [-0.2, -0.15) is 0 Å². The molecule has 1 heterocycles. The number of hydrogen-bond donors (Lipinski definition) is 4. The summed E-state index contributed by atoms with van der Waals surface area (Å²) in [5.74, 6) is 0.0571. The van der Waals surface area contributed by atoms with E-state index in [-0.39, 0.29) is 12.5 Å². The van der Waals surface area contributed by atoms with Crippen LogP contribution in [0.15, 0.2) is 54.6 Å². The van der Waals surface area contributed by atoms with E-state index in [0.29, 0.717) is 22.7 Å². The fraction of sp³-hybridized carbons (Fsp3) is 0.200. The van der Waals surface area contributed by atoms with E-state index in [0.717, 1.165) is 6.08 Å². The summed E-state index contributed by atoms with van der Waals surface area (Å²) < 4.78 is 16.1. The van der Waals surface area contributed by atoms with Crippen molar-refractivity contribution in [3.63, 3.8) is 0 Å². The van der Waals surface area contributed by atoms with E-state index in [1.807, 2.05) is 0 Å². The number of anilines is 1. The molecule has 1 aliphatic heterocycles. The number of hydrogen-bond acceptors (Lipinski definition) is 7. The number of fused-ring (bicyclic) bond motifs is 1. The summed E-state index contributed by atoms with van der Waals surface area (Å²) in [7, 11) is 0. The van der Waals surface area contributed by atoms with Crippen LogP contribution in [0.4, 0.5) is 10.5 Å². The van der Waals surface area contributed by atoms with Gasteiger partial charge in [0.2, 0.25) is 6.79 Å². The van der Waals surface area contributed by atoms with Crippen molar-refractivity contribution in [3.05, 3.63) is 60.2 Å². The molecule has 0 bridgehead atoms. The zero-order chi connectivity index (χ0) is 20.8.